The fourth-order valence-corrected chi connectivity index (χ4v) is 4.89. The highest BCUT2D eigenvalue weighted by Crippen LogP contribution is 2.33. The molecule has 6 rings (SSSR count). The van der Waals surface area contributed by atoms with Crippen LogP contribution in [0, 0.1) is 0 Å². The van der Waals surface area contributed by atoms with Gasteiger partial charge in [0.25, 0.3) is 0 Å². The number of fused-ring (bicyclic) bond motifs is 2. The molecule has 0 fully saturated rings. The van der Waals surface area contributed by atoms with E-state index in [9.17, 15) is 0 Å². The summed E-state index contributed by atoms with van der Waals surface area (Å²) in [7, 11) is 0. The Morgan fingerprint density at radius 1 is 0.606 bits per heavy atom. The second kappa shape index (κ2) is 8.44. The Kier molecular flexibility index (Phi) is 5.01. The van der Waals surface area contributed by atoms with Crippen molar-refractivity contribution in [2.24, 2.45) is 0 Å². The van der Waals surface area contributed by atoms with E-state index in [2.05, 4.69) is 133 Å². The molecule has 0 heterocycles. The fraction of sp³-hybridized carbons (Fsp3) is 0.0625. The Labute approximate surface area is 194 Å². The molecule has 0 amide bonds. The lowest BCUT2D eigenvalue weighted by molar-refractivity contribution is 0.854. The standard InChI is InChI=1S/C32H25N/c1-3-11-29-23(7-1)9-5-13-31(29)25-15-19-27(20-16-25)33-28-21-17-26(18-22-28)32-14-6-10-24-8-2-4-12-30(24)32/h1-17,19-22,26,33H,18H2. The number of hydrogen-bond acceptors (Lipinski definition) is 1. The summed E-state index contributed by atoms with van der Waals surface area (Å²) in [5.41, 5.74) is 6.18. The van der Waals surface area contributed by atoms with Crippen molar-refractivity contribution in [2.45, 2.75) is 12.3 Å². The number of allylic oxidation sites excluding steroid dienone is 3. The van der Waals surface area contributed by atoms with Gasteiger partial charge < -0.3 is 5.32 Å². The first kappa shape index (κ1) is 19.6. The smallest absolute Gasteiger partial charge is 0.0384 e. The van der Waals surface area contributed by atoms with Gasteiger partial charge >= 0.3 is 0 Å². The van der Waals surface area contributed by atoms with Crippen LogP contribution in [0.1, 0.15) is 17.9 Å². The molecule has 33 heavy (non-hydrogen) atoms. The summed E-state index contributed by atoms with van der Waals surface area (Å²) in [4.78, 5) is 0. The van der Waals surface area contributed by atoms with E-state index in [0.717, 1.165) is 17.8 Å². The second-order valence-electron chi connectivity index (χ2n) is 8.66. The molecule has 5 aromatic rings. The van der Waals surface area contributed by atoms with Crippen molar-refractivity contribution in [1.82, 2.24) is 0 Å². The normalized spacial score (nSPS) is 15.5. The second-order valence-corrected chi connectivity index (χ2v) is 8.66. The first-order chi connectivity index (χ1) is 16.3. The van der Waals surface area contributed by atoms with Crippen molar-refractivity contribution in [3.05, 3.63) is 139 Å². The van der Waals surface area contributed by atoms with Gasteiger partial charge in [0.1, 0.15) is 0 Å². The van der Waals surface area contributed by atoms with Crippen LogP contribution < -0.4 is 5.32 Å². The Morgan fingerprint density at radius 3 is 2.03 bits per heavy atom. The van der Waals surface area contributed by atoms with Crippen LogP contribution in [-0.4, -0.2) is 0 Å². The van der Waals surface area contributed by atoms with Crippen LogP contribution in [0.4, 0.5) is 5.69 Å². The van der Waals surface area contributed by atoms with E-state index in [1.54, 1.807) is 0 Å². The third-order valence-corrected chi connectivity index (χ3v) is 6.60. The number of rotatable bonds is 4. The molecule has 1 nitrogen and oxygen atoms in total. The number of nitrogens with one attached hydrogen (secondary N) is 1. The highest BCUT2D eigenvalue weighted by Gasteiger charge is 2.14. The van der Waals surface area contributed by atoms with Crippen LogP contribution >= 0.6 is 0 Å². The Hall–Kier alpha value is -4.10. The summed E-state index contributed by atoms with van der Waals surface area (Å²) >= 11 is 0. The lowest BCUT2D eigenvalue weighted by Crippen LogP contribution is -2.04. The molecule has 1 heteroatoms. The van der Waals surface area contributed by atoms with Gasteiger partial charge in [-0.25, -0.2) is 0 Å². The van der Waals surface area contributed by atoms with Crippen LogP contribution in [0.5, 0.6) is 0 Å². The van der Waals surface area contributed by atoms with Crippen LogP contribution in [-0.2, 0) is 0 Å². The van der Waals surface area contributed by atoms with E-state index < -0.39 is 0 Å². The summed E-state index contributed by atoms with van der Waals surface area (Å²) in [6, 6.07) is 39.1. The predicted octanol–water partition coefficient (Wildman–Crippen LogP) is 8.70. The van der Waals surface area contributed by atoms with E-state index >= 15 is 0 Å². The van der Waals surface area contributed by atoms with Crippen molar-refractivity contribution in [3.8, 4) is 11.1 Å². The molecule has 1 N–H and O–H groups in total. The molecular weight excluding hydrogens is 398 g/mol. The minimum atomic E-state index is 0.412. The monoisotopic (exact) mass is 423 g/mol. The van der Waals surface area contributed by atoms with Gasteiger partial charge in [-0.15, -0.1) is 0 Å². The molecule has 0 aliphatic heterocycles. The van der Waals surface area contributed by atoms with E-state index in [-0.39, 0.29) is 0 Å². The first-order valence-corrected chi connectivity index (χ1v) is 11.6. The largest absolute Gasteiger partial charge is 0.356 e. The van der Waals surface area contributed by atoms with Crippen molar-refractivity contribution in [3.63, 3.8) is 0 Å². The third kappa shape index (κ3) is 3.83. The molecule has 1 aliphatic carbocycles. The van der Waals surface area contributed by atoms with Crippen molar-refractivity contribution in [1.29, 1.82) is 0 Å². The van der Waals surface area contributed by atoms with E-state index in [1.807, 2.05) is 0 Å². The SMILES string of the molecule is C1=CC(c2cccc3ccccc23)CC=C1Nc1ccc(-c2cccc3ccccc23)cc1. The molecule has 0 spiro atoms. The molecule has 1 aliphatic rings. The van der Waals surface area contributed by atoms with Crippen LogP contribution in [0.25, 0.3) is 32.7 Å². The minimum Gasteiger partial charge on any atom is -0.356 e. The topological polar surface area (TPSA) is 12.0 Å². The maximum absolute atomic E-state index is 3.58. The quantitative estimate of drug-likeness (QED) is 0.305. The van der Waals surface area contributed by atoms with Gasteiger partial charge in [0, 0.05) is 17.3 Å². The summed E-state index contributed by atoms with van der Waals surface area (Å²) < 4.78 is 0. The fourth-order valence-electron chi connectivity index (χ4n) is 4.89. The van der Waals surface area contributed by atoms with E-state index in [4.69, 9.17) is 0 Å². The molecule has 0 radical (unpaired) electrons. The van der Waals surface area contributed by atoms with E-state index in [0.29, 0.717) is 5.92 Å². The zero-order valence-electron chi connectivity index (χ0n) is 18.4. The van der Waals surface area contributed by atoms with Gasteiger partial charge in [-0.3, -0.25) is 0 Å². The van der Waals surface area contributed by atoms with Gasteiger partial charge in [0.05, 0.1) is 0 Å². The van der Waals surface area contributed by atoms with E-state index in [1.165, 1.54) is 38.2 Å². The molecule has 0 saturated heterocycles. The van der Waals surface area contributed by atoms with Crippen LogP contribution in [0.15, 0.2) is 133 Å². The summed E-state index contributed by atoms with van der Waals surface area (Å²) in [6.45, 7) is 0. The maximum Gasteiger partial charge on any atom is 0.0384 e. The van der Waals surface area contributed by atoms with Crippen LogP contribution in [0.2, 0.25) is 0 Å². The summed E-state index contributed by atoms with van der Waals surface area (Å²) in [6.07, 6.45) is 7.86. The highest BCUT2D eigenvalue weighted by molar-refractivity contribution is 5.96. The number of anilines is 1. The lowest BCUT2D eigenvalue weighted by atomic mass is 9.88. The van der Waals surface area contributed by atoms with Crippen molar-refractivity contribution in [2.75, 3.05) is 5.32 Å². The zero-order valence-corrected chi connectivity index (χ0v) is 18.4. The zero-order chi connectivity index (χ0) is 22.0. The summed E-state index contributed by atoms with van der Waals surface area (Å²) in [5.74, 6) is 0.412. The van der Waals surface area contributed by atoms with Gasteiger partial charge in [0.15, 0.2) is 0 Å². The van der Waals surface area contributed by atoms with Crippen molar-refractivity contribution >= 4 is 27.2 Å². The Morgan fingerprint density at radius 2 is 1.27 bits per heavy atom. The average Bonchev–Trinajstić information content (AvgIpc) is 2.89. The molecule has 5 aromatic carbocycles. The molecule has 158 valence electrons. The molecule has 0 bridgehead atoms. The lowest BCUT2D eigenvalue weighted by Gasteiger charge is -2.19. The highest BCUT2D eigenvalue weighted by atomic mass is 14.9. The first-order valence-electron chi connectivity index (χ1n) is 11.6. The van der Waals surface area contributed by atoms with Gasteiger partial charge in [-0.2, -0.15) is 0 Å². The molecular formula is C32H25N. The minimum absolute atomic E-state index is 0.412. The third-order valence-electron chi connectivity index (χ3n) is 6.60. The van der Waals surface area contributed by atoms with Crippen molar-refractivity contribution < 1.29 is 0 Å². The molecule has 0 saturated carbocycles. The average molecular weight is 424 g/mol. The van der Waals surface area contributed by atoms with Gasteiger partial charge in [-0.1, -0.05) is 109 Å². The Bertz CT molecular complexity index is 1490. The molecule has 1 atom stereocenters. The summed E-state index contributed by atoms with van der Waals surface area (Å²) in [5, 5.41) is 8.80. The van der Waals surface area contributed by atoms with Gasteiger partial charge in [-0.05, 0) is 62.9 Å². The van der Waals surface area contributed by atoms with Crippen LogP contribution in [0.3, 0.4) is 0 Å². The maximum atomic E-state index is 3.58. The molecule has 1 unspecified atom stereocenters. The number of hydrogen-bond donors (Lipinski definition) is 1. The number of benzene rings is 5. The molecule has 0 aromatic heterocycles. The Balaban J connectivity index is 1.19. The predicted molar refractivity (Wildman–Crippen MR) is 142 cm³/mol. The van der Waals surface area contributed by atoms with Gasteiger partial charge in [0.2, 0.25) is 0 Å².